The third kappa shape index (κ3) is 2.45. The molecule has 1 rings (SSSR count). The minimum absolute atomic E-state index is 0.162. The van der Waals surface area contributed by atoms with Crippen molar-refractivity contribution in [2.75, 3.05) is 13.2 Å². The Morgan fingerprint density at radius 3 is 2.93 bits per heavy atom. The van der Waals surface area contributed by atoms with Crippen LogP contribution in [0.4, 0.5) is 0 Å². The lowest BCUT2D eigenvalue weighted by molar-refractivity contribution is -0.161. The van der Waals surface area contributed by atoms with E-state index in [2.05, 4.69) is 0 Å². The molecule has 0 aromatic rings. The van der Waals surface area contributed by atoms with Crippen LogP contribution >= 0.6 is 0 Å². The van der Waals surface area contributed by atoms with Gasteiger partial charge in [-0.2, -0.15) is 0 Å². The van der Waals surface area contributed by atoms with Crippen LogP contribution in [-0.2, 0) is 19.1 Å². The topological polar surface area (TPSA) is 78.6 Å². The quantitative estimate of drug-likeness (QED) is 0.639. The molecule has 80 valence electrons. The van der Waals surface area contributed by atoms with E-state index in [0.29, 0.717) is 12.8 Å². The van der Waals surface area contributed by atoms with Crippen molar-refractivity contribution in [3.63, 3.8) is 0 Å². The molecule has 14 heavy (non-hydrogen) atoms. The maximum Gasteiger partial charge on any atom is 0.347 e. The summed E-state index contributed by atoms with van der Waals surface area (Å²) in [7, 11) is 0. The van der Waals surface area contributed by atoms with E-state index in [4.69, 9.17) is 15.2 Å². The van der Waals surface area contributed by atoms with Gasteiger partial charge in [0.15, 0.2) is 6.10 Å². The molecule has 0 aliphatic carbocycles. The first-order valence-electron chi connectivity index (χ1n) is 4.76. The zero-order valence-electron chi connectivity index (χ0n) is 8.19. The number of esters is 2. The van der Waals surface area contributed by atoms with Crippen LogP contribution in [0.25, 0.3) is 0 Å². The Bertz CT molecular complexity index is 229. The van der Waals surface area contributed by atoms with E-state index >= 15 is 0 Å². The van der Waals surface area contributed by atoms with Crippen LogP contribution in [0.2, 0.25) is 0 Å². The summed E-state index contributed by atoms with van der Waals surface area (Å²) in [6.45, 7) is 2.34. The molecule has 0 bridgehead atoms. The van der Waals surface area contributed by atoms with Crippen molar-refractivity contribution in [3.05, 3.63) is 0 Å². The second-order valence-corrected chi connectivity index (χ2v) is 3.22. The number of hydrogen-bond acceptors (Lipinski definition) is 5. The first-order chi connectivity index (χ1) is 6.69. The Hall–Kier alpha value is -1.10. The minimum Gasteiger partial charge on any atom is -0.462 e. The molecule has 0 saturated carbocycles. The smallest absolute Gasteiger partial charge is 0.347 e. The molecule has 0 radical (unpaired) electrons. The highest BCUT2D eigenvalue weighted by Crippen LogP contribution is 2.24. The van der Waals surface area contributed by atoms with Gasteiger partial charge in [-0.15, -0.1) is 0 Å². The van der Waals surface area contributed by atoms with Crippen LogP contribution in [0.3, 0.4) is 0 Å². The summed E-state index contributed by atoms with van der Waals surface area (Å²) in [6, 6.07) is 0. The second-order valence-electron chi connectivity index (χ2n) is 3.22. The van der Waals surface area contributed by atoms with Crippen LogP contribution in [0, 0.1) is 5.92 Å². The molecule has 0 amide bonds. The van der Waals surface area contributed by atoms with Crippen molar-refractivity contribution in [1.29, 1.82) is 0 Å². The van der Waals surface area contributed by atoms with Crippen molar-refractivity contribution in [2.45, 2.75) is 25.9 Å². The van der Waals surface area contributed by atoms with Gasteiger partial charge in [0.1, 0.15) is 6.61 Å². The lowest BCUT2D eigenvalue weighted by Crippen LogP contribution is -2.25. The van der Waals surface area contributed by atoms with Gasteiger partial charge < -0.3 is 15.2 Å². The zero-order chi connectivity index (χ0) is 10.6. The third-order valence-corrected chi connectivity index (χ3v) is 2.21. The van der Waals surface area contributed by atoms with Crippen LogP contribution in [-0.4, -0.2) is 31.2 Å². The number of carbonyl (C=O) groups is 2. The molecule has 0 aromatic heterocycles. The van der Waals surface area contributed by atoms with E-state index < -0.39 is 12.1 Å². The zero-order valence-corrected chi connectivity index (χ0v) is 8.19. The molecule has 1 aliphatic rings. The molecular formula is C9H15NO4. The van der Waals surface area contributed by atoms with Gasteiger partial charge in [-0.25, -0.2) is 4.79 Å². The maximum absolute atomic E-state index is 11.3. The molecule has 1 saturated heterocycles. The van der Waals surface area contributed by atoms with Crippen molar-refractivity contribution in [3.8, 4) is 0 Å². The van der Waals surface area contributed by atoms with Gasteiger partial charge in [-0.3, -0.25) is 4.79 Å². The number of carbonyl (C=O) groups excluding carboxylic acids is 2. The van der Waals surface area contributed by atoms with Gasteiger partial charge >= 0.3 is 11.9 Å². The van der Waals surface area contributed by atoms with Gasteiger partial charge in [0, 0.05) is 13.0 Å². The summed E-state index contributed by atoms with van der Waals surface area (Å²) in [6.07, 6.45) is 0.400. The second kappa shape index (κ2) is 4.95. The largest absolute Gasteiger partial charge is 0.462 e. The summed E-state index contributed by atoms with van der Waals surface area (Å²) in [5.41, 5.74) is 5.17. The van der Waals surface area contributed by atoms with Crippen molar-refractivity contribution >= 4 is 11.9 Å². The highest BCUT2D eigenvalue weighted by atomic mass is 16.6. The fraction of sp³-hybridized carbons (Fsp3) is 0.778. The van der Waals surface area contributed by atoms with Crippen LogP contribution in [0.5, 0.6) is 0 Å². The molecule has 2 unspecified atom stereocenters. The van der Waals surface area contributed by atoms with Crippen molar-refractivity contribution in [1.82, 2.24) is 0 Å². The predicted octanol–water partition coefficient (Wildman–Crippen LogP) is -0.170. The number of nitrogens with two attached hydrogens (primary N) is 1. The Morgan fingerprint density at radius 1 is 1.71 bits per heavy atom. The van der Waals surface area contributed by atoms with Gasteiger partial charge in [0.2, 0.25) is 0 Å². The molecule has 5 heteroatoms. The molecule has 5 nitrogen and oxygen atoms in total. The molecule has 0 spiro atoms. The Labute approximate surface area is 82.5 Å². The third-order valence-electron chi connectivity index (χ3n) is 2.21. The van der Waals surface area contributed by atoms with Crippen LogP contribution < -0.4 is 5.73 Å². The number of cyclic esters (lactones) is 1. The number of rotatable bonds is 4. The van der Waals surface area contributed by atoms with E-state index in [1.165, 1.54) is 0 Å². The summed E-state index contributed by atoms with van der Waals surface area (Å²) in [5, 5.41) is 0. The normalized spacial score (nSPS) is 26.0. The van der Waals surface area contributed by atoms with E-state index in [1.54, 1.807) is 0 Å². The SMILES string of the molecule is CCC1CC(C(=O)OCCN)OC1=O. The molecule has 0 aromatic carbocycles. The summed E-state index contributed by atoms with van der Waals surface area (Å²) in [4.78, 5) is 22.4. The summed E-state index contributed by atoms with van der Waals surface area (Å²) >= 11 is 0. The van der Waals surface area contributed by atoms with Gasteiger partial charge in [0.25, 0.3) is 0 Å². The molecule has 1 fully saturated rings. The molecular weight excluding hydrogens is 186 g/mol. The van der Waals surface area contributed by atoms with Crippen molar-refractivity contribution in [2.24, 2.45) is 11.7 Å². The maximum atomic E-state index is 11.3. The van der Waals surface area contributed by atoms with E-state index in [-0.39, 0.29) is 25.0 Å². The highest BCUT2D eigenvalue weighted by Gasteiger charge is 2.38. The highest BCUT2D eigenvalue weighted by molar-refractivity contribution is 5.84. The van der Waals surface area contributed by atoms with Gasteiger partial charge in [0.05, 0.1) is 5.92 Å². The Balaban J connectivity index is 2.40. The van der Waals surface area contributed by atoms with E-state index in [0.717, 1.165) is 0 Å². The monoisotopic (exact) mass is 201 g/mol. The van der Waals surface area contributed by atoms with Crippen LogP contribution in [0.15, 0.2) is 0 Å². The van der Waals surface area contributed by atoms with Crippen molar-refractivity contribution < 1.29 is 19.1 Å². The lowest BCUT2D eigenvalue weighted by Gasteiger charge is -2.07. The predicted molar refractivity (Wildman–Crippen MR) is 48.3 cm³/mol. The van der Waals surface area contributed by atoms with E-state index in [1.807, 2.05) is 6.92 Å². The molecule has 2 atom stereocenters. The fourth-order valence-electron chi connectivity index (χ4n) is 1.37. The Kier molecular flexibility index (Phi) is 3.88. The summed E-state index contributed by atoms with van der Waals surface area (Å²) < 4.78 is 9.64. The molecule has 2 N–H and O–H groups in total. The van der Waals surface area contributed by atoms with E-state index in [9.17, 15) is 9.59 Å². The Morgan fingerprint density at radius 2 is 2.43 bits per heavy atom. The van der Waals surface area contributed by atoms with Crippen LogP contribution in [0.1, 0.15) is 19.8 Å². The number of ether oxygens (including phenoxy) is 2. The standard InChI is InChI=1S/C9H15NO4/c1-2-6-5-7(14-8(6)11)9(12)13-4-3-10/h6-7H,2-5,10H2,1H3. The molecule has 1 heterocycles. The average molecular weight is 201 g/mol. The lowest BCUT2D eigenvalue weighted by atomic mass is 10.0. The van der Waals surface area contributed by atoms with Gasteiger partial charge in [-0.1, -0.05) is 6.92 Å². The number of hydrogen-bond donors (Lipinski definition) is 1. The fourth-order valence-corrected chi connectivity index (χ4v) is 1.37. The first kappa shape index (κ1) is 11.0. The molecule has 1 aliphatic heterocycles. The minimum atomic E-state index is -0.723. The van der Waals surface area contributed by atoms with Gasteiger partial charge in [-0.05, 0) is 6.42 Å². The average Bonchev–Trinajstić information content (AvgIpc) is 2.56. The summed E-state index contributed by atoms with van der Waals surface area (Å²) in [5.74, 6) is -0.952. The first-order valence-corrected chi connectivity index (χ1v) is 4.76.